The Morgan fingerprint density at radius 2 is 1.77 bits per heavy atom. The zero-order chi connectivity index (χ0) is 14.9. The zero-order valence-electron chi connectivity index (χ0n) is 12.3. The molecule has 0 unspecified atom stereocenters. The molecule has 22 heavy (non-hydrogen) atoms. The van der Waals surface area contributed by atoms with E-state index in [9.17, 15) is 0 Å². The average Bonchev–Trinajstić information content (AvgIpc) is 2.92. The molecular weight excluding hydrogens is 288 g/mol. The number of nitrogens with one attached hydrogen (secondary N) is 1. The van der Waals surface area contributed by atoms with Crippen molar-refractivity contribution in [2.24, 2.45) is 0 Å². The lowest BCUT2D eigenvalue weighted by molar-refractivity contribution is 1.08. The van der Waals surface area contributed by atoms with Crippen LogP contribution in [0.4, 0.5) is 0 Å². The van der Waals surface area contributed by atoms with Gasteiger partial charge in [-0.2, -0.15) is 0 Å². The van der Waals surface area contributed by atoms with Crippen LogP contribution >= 0.6 is 11.8 Å². The molecule has 4 aromatic rings. The maximum Gasteiger partial charge on any atom is 0.166 e. The number of fused-ring (bicyclic) bond motifs is 2. The van der Waals surface area contributed by atoms with Gasteiger partial charge in [-0.25, -0.2) is 4.98 Å². The Labute approximate surface area is 133 Å². The summed E-state index contributed by atoms with van der Waals surface area (Å²) >= 11 is 1.75. The van der Waals surface area contributed by atoms with Crippen molar-refractivity contribution in [2.75, 3.05) is 0 Å². The monoisotopic (exact) mass is 304 g/mol. The minimum atomic E-state index is 0.932. The van der Waals surface area contributed by atoms with Gasteiger partial charge in [0.1, 0.15) is 0 Å². The third-order valence-electron chi connectivity index (χ3n) is 3.79. The summed E-state index contributed by atoms with van der Waals surface area (Å²) in [6.07, 6.45) is 0. The average molecular weight is 304 g/mol. The zero-order valence-corrected chi connectivity index (χ0v) is 13.2. The lowest BCUT2D eigenvalue weighted by Crippen LogP contribution is -1.82. The number of hydrogen-bond donors (Lipinski definition) is 1. The standard InChI is InChI=1S/C19H16N2S/c1-13-5-4-6-14(9-13)12-22-19-20-17-10-15-7-2-3-8-16(15)11-18(17)21-19/h2-11H,12H2,1H3,(H,20,21). The second-order valence-corrected chi connectivity index (χ2v) is 6.50. The first kappa shape index (κ1) is 13.4. The molecule has 0 radical (unpaired) electrons. The van der Waals surface area contributed by atoms with Gasteiger partial charge >= 0.3 is 0 Å². The molecule has 0 atom stereocenters. The molecule has 0 amide bonds. The molecule has 0 spiro atoms. The Balaban J connectivity index is 1.63. The molecule has 3 heteroatoms. The molecule has 4 rings (SSSR count). The van der Waals surface area contributed by atoms with Crippen LogP contribution in [0.5, 0.6) is 0 Å². The number of nitrogens with zero attached hydrogens (tertiary/aromatic N) is 1. The molecule has 1 heterocycles. The highest BCUT2D eigenvalue weighted by molar-refractivity contribution is 7.98. The highest BCUT2D eigenvalue weighted by Crippen LogP contribution is 2.26. The van der Waals surface area contributed by atoms with Gasteiger partial charge in [-0.15, -0.1) is 0 Å². The van der Waals surface area contributed by atoms with Crippen LogP contribution in [0.3, 0.4) is 0 Å². The second kappa shape index (κ2) is 5.50. The van der Waals surface area contributed by atoms with Crippen LogP contribution in [0.1, 0.15) is 11.1 Å². The van der Waals surface area contributed by atoms with Crippen LogP contribution in [-0.4, -0.2) is 9.97 Å². The van der Waals surface area contributed by atoms with Crippen molar-refractivity contribution in [3.63, 3.8) is 0 Å². The largest absolute Gasteiger partial charge is 0.333 e. The summed E-state index contributed by atoms with van der Waals surface area (Å²) in [5, 5.41) is 3.46. The molecule has 0 fully saturated rings. The maximum absolute atomic E-state index is 4.71. The highest BCUT2D eigenvalue weighted by Gasteiger charge is 2.05. The molecule has 1 N–H and O–H groups in total. The normalized spacial score (nSPS) is 11.3. The number of aromatic nitrogens is 2. The van der Waals surface area contributed by atoms with Gasteiger partial charge in [-0.3, -0.25) is 0 Å². The van der Waals surface area contributed by atoms with E-state index in [0.717, 1.165) is 21.9 Å². The number of hydrogen-bond acceptors (Lipinski definition) is 2. The van der Waals surface area contributed by atoms with Crippen molar-refractivity contribution in [3.05, 3.63) is 71.8 Å². The van der Waals surface area contributed by atoms with Gasteiger partial charge in [0.25, 0.3) is 0 Å². The van der Waals surface area contributed by atoms with E-state index >= 15 is 0 Å². The Kier molecular flexibility index (Phi) is 3.35. The number of benzene rings is 3. The van der Waals surface area contributed by atoms with Crippen LogP contribution in [0.15, 0.2) is 65.8 Å². The van der Waals surface area contributed by atoms with Crippen molar-refractivity contribution < 1.29 is 0 Å². The second-order valence-electron chi connectivity index (χ2n) is 5.54. The Bertz CT molecular complexity index is 903. The Morgan fingerprint density at radius 1 is 0.955 bits per heavy atom. The first-order valence-electron chi connectivity index (χ1n) is 7.35. The number of imidazole rings is 1. The van der Waals surface area contributed by atoms with E-state index in [2.05, 4.69) is 72.6 Å². The molecular formula is C19H16N2S. The number of thioether (sulfide) groups is 1. The third-order valence-corrected chi connectivity index (χ3v) is 4.73. The van der Waals surface area contributed by atoms with E-state index in [1.54, 1.807) is 11.8 Å². The summed E-state index contributed by atoms with van der Waals surface area (Å²) in [6, 6.07) is 21.3. The minimum absolute atomic E-state index is 0.932. The van der Waals surface area contributed by atoms with Crippen LogP contribution < -0.4 is 0 Å². The van der Waals surface area contributed by atoms with Crippen LogP contribution in [0.2, 0.25) is 0 Å². The van der Waals surface area contributed by atoms with E-state index in [-0.39, 0.29) is 0 Å². The van der Waals surface area contributed by atoms with Gasteiger partial charge in [0.2, 0.25) is 0 Å². The van der Waals surface area contributed by atoms with Crippen molar-refractivity contribution in [3.8, 4) is 0 Å². The topological polar surface area (TPSA) is 28.7 Å². The van der Waals surface area contributed by atoms with E-state index in [1.165, 1.54) is 21.9 Å². The van der Waals surface area contributed by atoms with E-state index in [1.807, 2.05) is 0 Å². The van der Waals surface area contributed by atoms with Gasteiger partial charge in [-0.1, -0.05) is 65.9 Å². The lowest BCUT2D eigenvalue weighted by Gasteiger charge is -2.00. The SMILES string of the molecule is Cc1cccc(CSc2nc3cc4ccccc4cc3[nH]2)c1. The van der Waals surface area contributed by atoms with Crippen molar-refractivity contribution in [2.45, 2.75) is 17.8 Å². The molecule has 0 aliphatic heterocycles. The minimum Gasteiger partial charge on any atom is -0.333 e. The van der Waals surface area contributed by atoms with Crippen LogP contribution in [0.25, 0.3) is 21.8 Å². The van der Waals surface area contributed by atoms with Gasteiger partial charge < -0.3 is 4.98 Å². The van der Waals surface area contributed by atoms with Gasteiger partial charge in [-0.05, 0) is 35.4 Å². The molecule has 0 saturated heterocycles. The molecule has 0 aliphatic carbocycles. The Hall–Kier alpha value is -2.26. The summed E-state index contributed by atoms with van der Waals surface area (Å²) in [5.41, 5.74) is 4.76. The fourth-order valence-corrected chi connectivity index (χ4v) is 3.52. The van der Waals surface area contributed by atoms with Gasteiger partial charge in [0.05, 0.1) is 11.0 Å². The van der Waals surface area contributed by atoms with Crippen molar-refractivity contribution >= 4 is 33.6 Å². The van der Waals surface area contributed by atoms with E-state index in [4.69, 9.17) is 4.98 Å². The van der Waals surface area contributed by atoms with Gasteiger partial charge in [0.15, 0.2) is 5.16 Å². The number of aryl methyl sites for hydroxylation is 1. The maximum atomic E-state index is 4.71. The first-order valence-corrected chi connectivity index (χ1v) is 8.33. The molecule has 2 nitrogen and oxygen atoms in total. The van der Waals surface area contributed by atoms with E-state index in [0.29, 0.717) is 0 Å². The first-order chi connectivity index (χ1) is 10.8. The smallest absolute Gasteiger partial charge is 0.166 e. The van der Waals surface area contributed by atoms with Crippen LogP contribution in [-0.2, 0) is 5.75 Å². The predicted molar refractivity (Wildman–Crippen MR) is 94.3 cm³/mol. The van der Waals surface area contributed by atoms with E-state index < -0.39 is 0 Å². The third kappa shape index (κ3) is 2.60. The quantitative estimate of drug-likeness (QED) is 0.519. The summed E-state index contributed by atoms with van der Waals surface area (Å²) in [6.45, 7) is 2.13. The molecule has 0 bridgehead atoms. The Morgan fingerprint density at radius 3 is 2.59 bits per heavy atom. The lowest BCUT2D eigenvalue weighted by atomic mass is 10.1. The molecule has 0 saturated carbocycles. The van der Waals surface area contributed by atoms with Crippen molar-refractivity contribution in [1.82, 2.24) is 9.97 Å². The van der Waals surface area contributed by atoms with Gasteiger partial charge in [0, 0.05) is 5.75 Å². The summed E-state index contributed by atoms with van der Waals surface area (Å²) < 4.78 is 0. The molecule has 108 valence electrons. The molecule has 1 aromatic heterocycles. The van der Waals surface area contributed by atoms with Crippen molar-refractivity contribution in [1.29, 1.82) is 0 Å². The molecule has 0 aliphatic rings. The number of H-pyrrole nitrogens is 1. The number of aromatic amines is 1. The predicted octanol–water partition coefficient (Wildman–Crippen LogP) is 5.32. The fraction of sp³-hybridized carbons (Fsp3) is 0.105. The van der Waals surface area contributed by atoms with Crippen LogP contribution in [0, 0.1) is 6.92 Å². The summed E-state index contributed by atoms with van der Waals surface area (Å²) in [7, 11) is 0. The summed E-state index contributed by atoms with van der Waals surface area (Å²) in [4.78, 5) is 8.13. The summed E-state index contributed by atoms with van der Waals surface area (Å²) in [5.74, 6) is 0.932. The molecule has 3 aromatic carbocycles. The fourth-order valence-electron chi connectivity index (χ4n) is 2.70. The number of rotatable bonds is 3. The highest BCUT2D eigenvalue weighted by atomic mass is 32.2.